The largest absolute Gasteiger partial charge is 0.507 e. The summed E-state index contributed by atoms with van der Waals surface area (Å²) < 4.78 is 50.5. The molecule has 682 valence electrons. The molecule has 23 atom stereocenters. The zero-order valence-electron chi connectivity index (χ0n) is 69.7. The number of carbonyl (C=O) groups is 8. The third-order valence-corrected chi connectivity index (χ3v) is 24.6. The van der Waals surface area contributed by atoms with Gasteiger partial charge in [-0.3, -0.25) is 38.4 Å². The summed E-state index contributed by atoms with van der Waals surface area (Å²) >= 11 is 14.5. The average Bonchev–Trinajstić information content (AvgIpc) is 0.759. The maximum Gasteiger partial charge on any atom is 0.295 e. The van der Waals surface area contributed by atoms with Gasteiger partial charge in [0, 0.05) is 66.9 Å². The van der Waals surface area contributed by atoms with Crippen LogP contribution in [0.15, 0.2) is 97.1 Å². The maximum atomic E-state index is 16.6. The number of fused-ring (bicyclic) bond motifs is 15. The highest BCUT2D eigenvalue weighted by molar-refractivity contribution is 6.32. The average molecular weight is 1800 g/mol. The number of amides is 5. The van der Waals surface area contributed by atoms with Crippen molar-refractivity contribution in [2.45, 2.75) is 247 Å². The van der Waals surface area contributed by atoms with Crippen molar-refractivity contribution in [1.82, 2.24) is 31.9 Å². The molecule has 126 heavy (non-hydrogen) atoms. The number of carbonyl (C=O) groups excluding carboxylic acids is 8. The second kappa shape index (κ2) is 41.1. The summed E-state index contributed by atoms with van der Waals surface area (Å²) in [6.07, 6.45) is -25.4. The van der Waals surface area contributed by atoms with Crippen molar-refractivity contribution in [2.75, 3.05) is 13.2 Å². The van der Waals surface area contributed by atoms with Gasteiger partial charge in [0.25, 0.3) is 6.47 Å². The lowest BCUT2D eigenvalue weighted by Gasteiger charge is -2.48. The van der Waals surface area contributed by atoms with E-state index in [4.69, 9.17) is 66.8 Å². The number of aryl methyl sites for hydroxylation is 1. The van der Waals surface area contributed by atoms with E-state index in [0.717, 1.165) is 85.3 Å². The third-order valence-electron chi connectivity index (χ3n) is 24.0. The van der Waals surface area contributed by atoms with Crippen LogP contribution in [0.3, 0.4) is 0 Å². The fraction of sp³-hybridized carbons (Fsp3) is 0.500. The number of ketones is 2. The van der Waals surface area contributed by atoms with Crippen molar-refractivity contribution in [3.05, 3.63) is 152 Å². The number of unbranched alkanes of at least 4 members (excludes halogenated alkanes) is 2. The molecule has 38 heteroatoms. The van der Waals surface area contributed by atoms with Gasteiger partial charge in [-0.2, -0.15) is 0 Å². The summed E-state index contributed by atoms with van der Waals surface area (Å²) in [7, 11) is 0. The number of hydrogen-bond acceptors (Lipinski definition) is 31. The molecular weight excluding hydrogens is 1690 g/mol. The Bertz CT molecular complexity index is 4970. The number of nitrogens with one attached hydrogen (secondary N) is 6. The number of phenols is 3. The summed E-state index contributed by atoms with van der Waals surface area (Å²) in [5.74, 6) is -18.1. The van der Waals surface area contributed by atoms with E-state index in [2.05, 4.69) is 38.8 Å². The number of ether oxygens (including phenoxy) is 8. The van der Waals surface area contributed by atoms with Gasteiger partial charge >= 0.3 is 0 Å². The number of hydrogen-bond donors (Lipinski definition) is 20. The van der Waals surface area contributed by atoms with Crippen molar-refractivity contribution in [2.24, 2.45) is 23.5 Å². The number of phenolic OH excluding ortho intramolecular Hbond substituents is 3. The highest BCUT2D eigenvalue weighted by atomic mass is 35.5. The van der Waals surface area contributed by atoms with Crippen molar-refractivity contribution >= 4 is 70.8 Å². The molecule has 8 aliphatic rings. The standard InChI is InChI=1S/C88H107Cl2N7O29/c1-7-9-10-11-40-12-14-41(15-13-40)33-93-88(6)32-65(120-39(5)80(88)113)125-79-77(112)75(110)63(36-99)124-87(79)126-78-60-27-46-28-61(78)122-59-21-18-45(25-53(59)90)72(107)69-84(117)97-85(119-37-100)50-31-55(102)51(34-92-70-76(111)74(109)62(35-98)123-86(70)118)73(108)66(50)49-23-43(16-19-54(49)101)48(83(116)96-69)30-57(104)67(46)94-82(115)47(29-64(91)105)26-56(103)68(95-81(114)42(8-2)22-38(3)4)71(106)44-17-20-58(121-60)52(89)24-44/h12-21,23-25,27-28,31,37-39,42,47-48,62-63,65,67-72,74-77,79-80,85-87,92-93,98-99,101-102,106-113,118H,7-11,22,26,29-30,32-36H2,1-6H3,(H2,91,105)(H,94,115)(H,95,114)(H,96,116)(H,97,117)/t39-,42+,47-,48-,62?,63+,65-,67+,68-,69-,70?,71+,72+,74-,75?,76+,77?,79+,80+,85+,86?,87-,88?/m0/s1. The summed E-state index contributed by atoms with van der Waals surface area (Å²) in [5, 5.41) is 167. The quantitative estimate of drug-likeness (QED) is 0.0284. The van der Waals surface area contributed by atoms with E-state index < -0.39 is 287 Å². The number of halogens is 2. The van der Waals surface area contributed by atoms with Crippen LogP contribution in [-0.2, 0) is 81.6 Å². The Kier molecular flexibility index (Phi) is 31.1. The van der Waals surface area contributed by atoms with E-state index in [0.29, 0.717) is 6.42 Å². The molecule has 14 rings (SSSR count). The van der Waals surface area contributed by atoms with Crippen LogP contribution in [-0.4, -0.2) is 225 Å². The predicted molar refractivity (Wildman–Crippen MR) is 445 cm³/mol. The molecule has 0 aliphatic carbocycles. The van der Waals surface area contributed by atoms with Crippen molar-refractivity contribution < 1.29 is 143 Å². The SMILES string of the molecule is CCCCCc1ccc(CNC2(C)C[C@H](O[C@@H]3C(O)C(O)[C@@H](CO)O[C@H]3Oc3c4cc5cc3Oc3ccc(cc3Cl)[C@@H](O)[C@@H](NC(=O)[C@H](CC)CC(C)C)C(=O)C[C@@H](CC(N)=O)C(=O)N[C@H]5C(=O)C[C@@H]3C(=O)N[C@H](C(=O)N[C@H](OC=O)c5cc(O)c(CNC6C(O)OC(CO)[C@H](O)[C@@H]6O)c(O)c5-c5cc3ccc5O)[C@H](O)c3ccc(c(Cl)c3)O4)O[C@@H](C)[C@H]2O)cc1. The van der Waals surface area contributed by atoms with Gasteiger partial charge in [0.05, 0.1) is 58.9 Å². The Morgan fingerprint density at radius 1 is 0.683 bits per heavy atom. The topological polar surface area (TPSA) is 572 Å². The van der Waals surface area contributed by atoms with Crippen molar-refractivity contribution in [3.63, 3.8) is 0 Å². The fourth-order valence-electron chi connectivity index (χ4n) is 16.8. The van der Waals surface area contributed by atoms with Crippen LogP contribution in [0.25, 0.3) is 11.1 Å². The van der Waals surface area contributed by atoms with Crippen LogP contribution < -0.4 is 51.8 Å². The van der Waals surface area contributed by atoms with Gasteiger partial charge in [-0.25, -0.2) is 0 Å². The van der Waals surface area contributed by atoms with Gasteiger partial charge in [0.2, 0.25) is 47.8 Å². The summed E-state index contributed by atoms with van der Waals surface area (Å²) in [6, 6.07) is 13.3. The number of aliphatic hydroxyl groups excluding tert-OH is 10. The van der Waals surface area contributed by atoms with E-state index in [1.807, 2.05) is 38.1 Å². The number of primary amides is 1. The zero-order valence-corrected chi connectivity index (χ0v) is 71.2. The molecule has 8 heterocycles. The number of Topliss-reactive ketones (excluding diaryl/α,β-unsaturated/α-hetero) is 2. The second-order valence-electron chi connectivity index (χ2n) is 33.3. The van der Waals surface area contributed by atoms with E-state index >= 15 is 24.0 Å². The minimum Gasteiger partial charge on any atom is -0.507 e. The van der Waals surface area contributed by atoms with Gasteiger partial charge in [0.1, 0.15) is 95.7 Å². The lowest BCUT2D eigenvalue weighted by atomic mass is 9.84. The molecule has 0 spiro atoms. The molecule has 36 nitrogen and oxygen atoms in total. The first kappa shape index (κ1) is 95.3. The van der Waals surface area contributed by atoms with Crippen LogP contribution in [0.2, 0.25) is 10.0 Å². The number of nitrogens with two attached hydrogens (primary N) is 1. The Morgan fingerprint density at radius 2 is 1.32 bits per heavy atom. The summed E-state index contributed by atoms with van der Waals surface area (Å²) in [6.45, 7) is 8.45. The Labute approximate surface area is 733 Å². The van der Waals surface area contributed by atoms with E-state index in [-0.39, 0.29) is 65.0 Å². The number of aliphatic hydroxyl groups is 10. The van der Waals surface area contributed by atoms with Crippen LogP contribution in [0.5, 0.6) is 46.0 Å². The van der Waals surface area contributed by atoms with Crippen molar-refractivity contribution in [3.8, 4) is 57.1 Å². The zero-order chi connectivity index (χ0) is 91.2. The maximum absolute atomic E-state index is 16.6. The molecule has 11 bridgehead atoms. The molecule has 0 saturated carbocycles. The molecule has 0 radical (unpaired) electrons. The Morgan fingerprint density at radius 3 is 1.94 bits per heavy atom. The fourth-order valence-corrected chi connectivity index (χ4v) is 17.3. The molecule has 8 aliphatic heterocycles. The van der Waals surface area contributed by atoms with E-state index in [1.54, 1.807) is 20.8 Å². The minimum absolute atomic E-state index is 0.0444. The highest BCUT2D eigenvalue weighted by Gasteiger charge is 2.53. The molecule has 5 amide bonds. The predicted octanol–water partition coefficient (Wildman–Crippen LogP) is 4.02. The first-order valence-electron chi connectivity index (χ1n) is 41.7. The van der Waals surface area contributed by atoms with Crippen LogP contribution in [0.4, 0.5) is 0 Å². The lowest BCUT2D eigenvalue weighted by molar-refractivity contribution is -0.334. The normalized spacial score (nSPS) is 29.7. The molecule has 3 saturated heterocycles. The number of rotatable bonds is 25. The summed E-state index contributed by atoms with van der Waals surface area (Å²) in [5.41, 5.74) is 3.45. The van der Waals surface area contributed by atoms with Crippen LogP contribution >= 0.6 is 23.2 Å². The first-order valence-corrected chi connectivity index (χ1v) is 42.4. The lowest BCUT2D eigenvalue weighted by Crippen LogP contribution is -2.65. The van der Waals surface area contributed by atoms with Gasteiger partial charge < -0.3 is 142 Å². The van der Waals surface area contributed by atoms with E-state index in [9.17, 15) is 80.8 Å². The summed E-state index contributed by atoms with van der Waals surface area (Å²) in [4.78, 5) is 119. The second-order valence-corrected chi connectivity index (χ2v) is 34.2. The Balaban J connectivity index is 1.05. The minimum atomic E-state index is -2.29. The molecule has 0 aromatic heterocycles. The first-order chi connectivity index (χ1) is 60.0. The molecule has 3 fully saturated rings. The Hall–Kier alpha value is -9.78. The van der Waals surface area contributed by atoms with Crippen LogP contribution in [0.1, 0.15) is 174 Å². The van der Waals surface area contributed by atoms with Crippen molar-refractivity contribution in [1.29, 1.82) is 0 Å². The molecule has 6 unspecified atom stereocenters. The highest BCUT2D eigenvalue weighted by Crippen LogP contribution is 2.52. The molecule has 21 N–H and O–H groups in total. The van der Waals surface area contributed by atoms with Gasteiger partial charge in [0.15, 0.2) is 41.7 Å². The van der Waals surface area contributed by atoms with E-state index in [1.165, 1.54) is 24.3 Å². The van der Waals surface area contributed by atoms with Gasteiger partial charge in [-0.05, 0) is 133 Å². The number of aromatic hydroxyl groups is 3. The van der Waals surface area contributed by atoms with Gasteiger partial charge in [-0.15, -0.1) is 0 Å². The molecule has 6 aromatic rings. The third kappa shape index (κ3) is 21.1. The monoisotopic (exact) mass is 1800 g/mol. The van der Waals surface area contributed by atoms with Gasteiger partial charge in [-0.1, -0.05) is 106 Å². The smallest absolute Gasteiger partial charge is 0.295 e. The molecular formula is C88H107Cl2N7O29. The number of benzene rings is 6. The molecule has 6 aromatic carbocycles. The van der Waals surface area contributed by atoms with Crippen LogP contribution in [0, 0.1) is 17.8 Å².